The third kappa shape index (κ3) is 3.24. The first-order chi connectivity index (χ1) is 10.1. The molecular formula is C17H22ClNO2. The van der Waals surface area contributed by atoms with E-state index in [-0.39, 0.29) is 11.3 Å². The van der Waals surface area contributed by atoms with Crippen LogP contribution in [0.3, 0.4) is 0 Å². The average Bonchev–Trinajstić information content (AvgIpc) is 2.80. The van der Waals surface area contributed by atoms with Crippen molar-refractivity contribution in [2.45, 2.75) is 50.0 Å². The van der Waals surface area contributed by atoms with Crippen molar-refractivity contribution in [2.24, 2.45) is 0 Å². The molecule has 1 amide bonds. The number of hydrogen-bond donors (Lipinski definition) is 0. The summed E-state index contributed by atoms with van der Waals surface area (Å²) < 4.78 is 5.76. The summed E-state index contributed by atoms with van der Waals surface area (Å²) in [4.78, 5) is 13.4. The highest BCUT2D eigenvalue weighted by atomic mass is 35.5. The minimum Gasteiger partial charge on any atom is -0.378 e. The van der Waals surface area contributed by atoms with E-state index in [1.54, 1.807) is 4.90 Å². The van der Waals surface area contributed by atoms with E-state index in [4.69, 9.17) is 16.3 Å². The molecule has 1 aromatic rings. The van der Waals surface area contributed by atoms with Gasteiger partial charge in [0.1, 0.15) is 0 Å². The maximum Gasteiger partial charge on any atom is 0.231 e. The number of hydrogen-bond acceptors (Lipinski definition) is 2. The topological polar surface area (TPSA) is 29.5 Å². The van der Waals surface area contributed by atoms with Gasteiger partial charge >= 0.3 is 0 Å². The Kier molecular flexibility index (Phi) is 4.51. The molecule has 1 fully saturated rings. The first kappa shape index (κ1) is 14.9. The van der Waals surface area contributed by atoms with Gasteiger partial charge < -0.3 is 9.64 Å². The summed E-state index contributed by atoms with van der Waals surface area (Å²) in [5.74, 6) is 0.156. The minimum absolute atomic E-state index is 0.00170. The number of rotatable bonds is 4. The number of likely N-dealkylation sites (N-methyl/N-ethyl adjacent to an activating group) is 1. The Balaban J connectivity index is 1.61. The number of anilines is 1. The molecule has 0 aromatic heterocycles. The summed E-state index contributed by atoms with van der Waals surface area (Å²) in [6.45, 7) is 0.894. The lowest BCUT2D eigenvalue weighted by atomic mass is 9.99. The van der Waals surface area contributed by atoms with Crippen LogP contribution >= 0.6 is 11.6 Å². The lowest BCUT2D eigenvalue weighted by molar-refractivity contribution is -0.117. The fourth-order valence-corrected chi connectivity index (χ4v) is 3.48. The molecule has 2 aliphatic heterocycles. The van der Waals surface area contributed by atoms with Crippen molar-refractivity contribution in [1.29, 1.82) is 0 Å². The highest BCUT2D eigenvalue weighted by Gasteiger charge is 2.25. The lowest BCUT2D eigenvalue weighted by Gasteiger charge is -2.23. The monoisotopic (exact) mass is 307 g/mol. The van der Waals surface area contributed by atoms with Gasteiger partial charge in [-0.3, -0.25) is 4.79 Å². The Labute approximate surface area is 131 Å². The highest BCUT2D eigenvalue weighted by molar-refractivity contribution is 6.20. The number of alkyl halides is 1. The SMILES string of the molecule is CN1C(=O)Cc2cc(C(Cl)CCC3CCCCO3)ccc21. The molecule has 2 heterocycles. The molecule has 3 nitrogen and oxygen atoms in total. The van der Waals surface area contributed by atoms with Crippen LogP contribution in [-0.2, 0) is 16.0 Å². The predicted octanol–water partition coefficient (Wildman–Crippen LogP) is 3.83. The van der Waals surface area contributed by atoms with Gasteiger partial charge in [0.25, 0.3) is 0 Å². The molecule has 0 radical (unpaired) electrons. The van der Waals surface area contributed by atoms with E-state index in [1.807, 2.05) is 19.2 Å². The van der Waals surface area contributed by atoms with Gasteiger partial charge in [0.15, 0.2) is 0 Å². The van der Waals surface area contributed by atoms with E-state index < -0.39 is 0 Å². The Morgan fingerprint density at radius 2 is 2.29 bits per heavy atom. The molecule has 2 atom stereocenters. The van der Waals surface area contributed by atoms with Gasteiger partial charge in [-0.15, -0.1) is 11.6 Å². The number of carbonyl (C=O) groups excluding carboxylic acids is 1. The maximum atomic E-state index is 11.7. The van der Waals surface area contributed by atoms with Crippen LogP contribution in [0.1, 0.15) is 48.6 Å². The van der Waals surface area contributed by atoms with Crippen LogP contribution in [0, 0.1) is 0 Å². The molecule has 0 aliphatic carbocycles. The zero-order chi connectivity index (χ0) is 14.8. The van der Waals surface area contributed by atoms with E-state index in [2.05, 4.69) is 6.07 Å². The number of ether oxygens (including phenoxy) is 1. The van der Waals surface area contributed by atoms with Crippen molar-refractivity contribution in [3.63, 3.8) is 0 Å². The van der Waals surface area contributed by atoms with Crippen molar-refractivity contribution in [3.05, 3.63) is 29.3 Å². The number of benzene rings is 1. The second-order valence-corrected chi connectivity index (χ2v) is 6.58. The van der Waals surface area contributed by atoms with Gasteiger partial charge in [-0.05, 0) is 49.3 Å². The molecule has 1 aromatic carbocycles. The first-order valence-electron chi connectivity index (χ1n) is 7.80. The molecular weight excluding hydrogens is 286 g/mol. The molecule has 1 saturated heterocycles. The predicted molar refractivity (Wildman–Crippen MR) is 85.0 cm³/mol. The van der Waals surface area contributed by atoms with Crippen LogP contribution in [0.4, 0.5) is 5.69 Å². The van der Waals surface area contributed by atoms with Crippen molar-refractivity contribution >= 4 is 23.2 Å². The first-order valence-corrected chi connectivity index (χ1v) is 8.24. The highest BCUT2D eigenvalue weighted by Crippen LogP contribution is 2.34. The zero-order valence-electron chi connectivity index (χ0n) is 12.5. The minimum atomic E-state index is 0.00170. The van der Waals surface area contributed by atoms with Crippen LogP contribution in [0.5, 0.6) is 0 Å². The number of amides is 1. The summed E-state index contributed by atoms with van der Waals surface area (Å²) in [6, 6.07) is 6.16. The molecule has 2 unspecified atom stereocenters. The fraction of sp³-hybridized carbons (Fsp3) is 0.588. The van der Waals surface area contributed by atoms with Crippen LogP contribution in [0.15, 0.2) is 18.2 Å². The summed E-state index contributed by atoms with van der Waals surface area (Å²) in [7, 11) is 1.83. The molecule has 0 N–H and O–H groups in total. The fourth-order valence-electron chi connectivity index (χ4n) is 3.22. The van der Waals surface area contributed by atoms with Crippen LogP contribution in [0.2, 0.25) is 0 Å². The zero-order valence-corrected chi connectivity index (χ0v) is 13.2. The van der Waals surface area contributed by atoms with Gasteiger partial charge in [-0.25, -0.2) is 0 Å². The Morgan fingerprint density at radius 1 is 1.43 bits per heavy atom. The van der Waals surface area contributed by atoms with Gasteiger partial charge in [0, 0.05) is 19.3 Å². The quantitative estimate of drug-likeness (QED) is 0.791. The van der Waals surface area contributed by atoms with Crippen LogP contribution < -0.4 is 4.90 Å². The van der Waals surface area contributed by atoms with Crippen molar-refractivity contribution in [1.82, 2.24) is 0 Å². The molecule has 114 valence electrons. The Hall–Kier alpha value is -1.06. The number of fused-ring (bicyclic) bond motifs is 1. The second-order valence-electron chi connectivity index (χ2n) is 6.05. The molecule has 0 saturated carbocycles. The standard InChI is InChI=1S/C17H22ClNO2/c1-19-16-8-5-12(10-13(16)11-17(19)20)15(18)7-6-14-4-2-3-9-21-14/h5,8,10,14-15H,2-4,6-7,9,11H2,1H3. The van der Waals surface area contributed by atoms with Crippen molar-refractivity contribution in [3.8, 4) is 0 Å². The van der Waals surface area contributed by atoms with Crippen LogP contribution in [0.25, 0.3) is 0 Å². The molecule has 0 bridgehead atoms. The van der Waals surface area contributed by atoms with E-state index >= 15 is 0 Å². The van der Waals surface area contributed by atoms with Gasteiger partial charge in [-0.2, -0.15) is 0 Å². The van der Waals surface area contributed by atoms with Gasteiger partial charge in [-0.1, -0.05) is 12.1 Å². The number of nitrogens with zero attached hydrogens (tertiary/aromatic N) is 1. The van der Waals surface area contributed by atoms with Gasteiger partial charge in [0.2, 0.25) is 5.91 Å². The summed E-state index contributed by atoms with van der Waals surface area (Å²) >= 11 is 6.55. The van der Waals surface area contributed by atoms with E-state index in [0.717, 1.165) is 42.7 Å². The summed E-state index contributed by atoms with van der Waals surface area (Å²) in [5, 5.41) is 0.00170. The molecule has 21 heavy (non-hydrogen) atoms. The Morgan fingerprint density at radius 3 is 3.05 bits per heavy atom. The molecule has 3 rings (SSSR count). The lowest BCUT2D eigenvalue weighted by Crippen LogP contribution is -2.20. The van der Waals surface area contributed by atoms with Crippen molar-refractivity contribution < 1.29 is 9.53 Å². The maximum absolute atomic E-state index is 11.7. The third-order valence-corrected chi connectivity index (χ3v) is 5.03. The molecule has 0 spiro atoms. The normalized spacial score (nSPS) is 23.2. The van der Waals surface area contributed by atoms with E-state index in [9.17, 15) is 4.79 Å². The molecule has 4 heteroatoms. The van der Waals surface area contributed by atoms with E-state index in [0.29, 0.717) is 12.5 Å². The van der Waals surface area contributed by atoms with Crippen molar-refractivity contribution in [2.75, 3.05) is 18.6 Å². The van der Waals surface area contributed by atoms with Crippen LogP contribution in [-0.4, -0.2) is 25.7 Å². The second kappa shape index (κ2) is 6.37. The molecule has 2 aliphatic rings. The average molecular weight is 308 g/mol. The summed E-state index contributed by atoms with van der Waals surface area (Å²) in [6.07, 6.45) is 6.43. The largest absolute Gasteiger partial charge is 0.378 e. The smallest absolute Gasteiger partial charge is 0.231 e. The third-order valence-electron chi connectivity index (χ3n) is 4.56. The van der Waals surface area contributed by atoms with Gasteiger partial charge in [0.05, 0.1) is 17.9 Å². The summed E-state index contributed by atoms with van der Waals surface area (Å²) in [5.41, 5.74) is 3.23. The van der Waals surface area contributed by atoms with E-state index in [1.165, 1.54) is 12.8 Å². The number of halogens is 1. The Bertz CT molecular complexity index is 526. The number of carbonyl (C=O) groups is 1.